The molecule has 1 aromatic carbocycles. The van der Waals surface area contributed by atoms with E-state index in [1.54, 1.807) is 0 Å². The minimum absolute atomic E-state index is 0.00470. The summed E-state index contributed by atoms with van der Waals surface area (Å²) in [5.74, 6) is -0.191. The van der Waals surface area contributed by atoms with E-state index in [0.29, 0.717) is 0 Å². The van der Waals surface area contributed by atoms with Crippen LogP contribution in [0.4, 0.5) is 5.69 Å². The first-order chi connectivity index (χ1) is 9.56. The van der Waals surface area contributed by atoms with Gasteiger partial charge in [0.25, 0.3) is 0 Å². The highest BCUT2D eigenvalue weighted by Crippen LogP contribution is 2.29. The van der Waals surface area contributed by atoms with Gasteiger partial charge < -0.3 is 16.8 Å². The van der Waals surface area contributed by atoms with Gasteiger partial charge in [-0.1, -0.05) is 12.1 Å². The number of rotatable bonds is 5. The van der Waals surface area contributed by atoms with Gasteiger partial charge in [-0.25, -0.2) is 0 Å². The summed E-state index contributed by atoms with van der Waals surface area (Å²) >= 11 is 1.33. The third-order valence-electron chi connectivity index (χ3n) is 3.36. The Hall–Kier alpha value is -1.53. The smallest absolute Gasteiger partial charge is 0.227 e. The molecule has 0 aliphatic heterocycles. The molecule has 2 atom stereocenters. The van der Waals surface area contributed by atoms with Gasteiger partial charge in [0.2, 0.25) is 11.8 Å². The largest absolute Gasteiger partial charge is 0.369 e. The van der Waals surface area contributed by atoms with Gasteiger partial charge in [0, 0.05) is 16.9 Å². The summed E-state index contributed by atoms with van der Waals surface area (Å²) in [6.07, 6.45) is 2.47. The van der Waals surface area contributed by atoms with Crippen LogP contribution in [0, 0.1) is 5.92 Å². The average Bonchev–Trinajstić information content (AvgIpc) is 2.84. The Bertz CT molecular complexity index is 507. The van der Waals surface area contributed by atoms with Crippen LogP contribution in [0.5, 0.6) is 0 Å². The number of carbonyl (C=O) groups is 2. The second kappa shape index (κ2) is 6.76. The van der Waals surface area contributed by atoms with E-state index in [-0.39, 0.29) is 29.5 Å². The SMILES string of the molecule is NC(=O)CSc1ccccc1NC(=O)C1CCC(N)C1. The molecule has 2 amide bonds. The molecule has 1 aromatic rings. The minimum Gasteiger partial charge on any atom is -0.369 e. The van der Waals surface area contributed by atoms with E-state index in [1.165, 1.54) is 11.8 Å². The molecule has 0 aromatic heterocycles. The Morgan fingerprint density at radius 2 is 2.05 bits per heavy atom. The maximum absolute atomic E-state index is 12.2. The predicted molar refractivity (Wildman–Crippen MR) is 80.3 cm³/mol. The lowest BCUT2D eigenvalue weighted by atomic mass is 10.1. The van der Waals surface area contributed by atoms with Crippen LogP contribution < -0.4 is 16.8 Å². The molecule has 5 N–H and O–H groups in total. The van der Waals surface area contributed by atoms with Gasteiger partial charge in [0.1, 0.15) is 0 Å². The molecule has 0 spiro atoms. The quantitative estimate of drug-likeness (QED) is 0.713. The molecule has 6 heteroatoms. The third kappa shape index (κ3) is 3.98. The Kier molecular flexibility index (Phi) is 5.03. The van der Waals surface area contributed by atoms with Crippen LogP contribution in [0.25, 0.3) is 0 Å². The average molecular weight is 293 g/mol. The van der Waals surface area contributed by atoms with Crippen molar-refractivity contribution >= 4 is 29.3 Å². The van der Waals surface area contributed by atoms with E-state index >= 15 is 0 Å². The van der Waals surface area contributed by atoms with E-state index < -0.39 is 0 Å². The lowest BCUT2D eigenvalue weighted by molar-refractivity contribution is -0.119. The van der Waals surface area contributed by atoms with Crippen molar-refractivity contribution in [2.45, 2.75) is 30.2 Å². The minimum atomic E-state index is -0.377. The van der Waals surface area contributed by atoms with E-state index in [9.17, 15) is 9.59 Å². The van der Waals surface area contributed by atoms with E-state index in [2.05, 4.69) is 5.32 Å². The van der Waals surface area contributed by atoms with E-state index in [0.717, 1.165) is 29.8 Å². The molecule has 0 heterocycles. The second-order valence-electron chi connectivity index (χ2n) is 5.01. The molecular weight excluding hydrogens is 274 g/mol. The van der Waals surface area contributed by atoms with Crippen molar-refractivity contribution in [1.29, 1.82) is 0 Å². The van der Waals surface area contributed by atoms with Gasteiger partial charge in [-0.2, -0.15) is 0 Å². The van der Waals surface area contributed by atoms with Crippen molar-refractivity contribution in [3.05, 3.63) is 24.3 Å². The first-order valence-corrected chi connectivity index (χ1v) is 7.61. The number of carbonyl (C=O) groups excluding carboxylic acids is 2. The van der Waals surface area contributed by atoms with Crippen molar-refractivity contribution in [3.63, 3.8) is 0 Å². The first-order valence-electron chi connectivity index (χ1n) is 6.63. The van der Waals surface area contributed by atoms with Crippen LogP contribution in [0.1, 0.15) is 19.3 Å². The lowest BCUT2D eigenvalue weighted by Gasteiger charge is -2.13. The zero-order valence-corrected chi connectivity index (χ0v) is 12.0. The van der Waals surface area contributed by atoms with Crippen LogP contribution >= 0.6 is 11.8 Å². The van der Waals surface area contributed by atoms with E-state index in [1.807, 2.05) is 24.3 Å². The number of hydrogen-bond donors (Lipinski definition) is 3. The topological polar surface area (TPSA) is 98.2 Å². The number of benzene rings is 1. The van der Waals surface area contributed by atoms with Crippen molar-refractivity contribution < 1.29 is 9.59 Å². The van der Waals surface area contributed by atoms with Crippen molar-refractivity contribution in [3.8, 4) is 0 Å². The monoisotopic (exact) mass is 293 g/mol. The number of para-hydroxylation sites is 1. The molecule has 108 valence electrons. The molecule has 5 nitrogen and oxygen atoms in total. The van der Waals surface area contributed by atoms with Crippen molar-refractivity contribution in [2.24, 2.45) is 17.4 Å². The second-order valence-corrected chi connectivity index (χ2v) is 6.03. The summed E-state index contributed by atoms with van der Waals surface area (Å²) in [5, 5.41) is 2.93. The standard InChI is InChI=1S/C14H19N3O2S/c15-10-6-5-9(7-10)14(19)17-11-3-1-2-4-12(11)20-8-13(16)18/h1-4,9-10H,5-8,15H2,(H2,16,18)(H,17,19). The van der Waals surface area contributed by atoms with Gasteiger partial charge in [0.05, 0.1) is 11.4 Å². The van der Waals surface area contributed by atoms with Crippen LogP contribution in [-0.2, 0) is 9.59 Å². The Labute approximate surface area is 122 Å². The molecular formula is C14H19N3O2S. The molecule has 0 radical (unpaired) electrons. The molecule has 20 heavy (non-hydrogen) atoms. The van der Waals surface area contributed by atoms with Crippen LogP contribution in [0.15, 0.2) is 29.2 Å². The number of nitrogens with one attached hydrogen (secondary N) is 1. The number of hydrogen-bond acceptors (Lipinski definition) is 4. The Balaban J connectivity index is 2.01. The molecule has 2 unspecified atom stereocenters. The van der Waals surface area contributed by atoms with Gasteiger partial charge in [-0.15, -0.1) is 11.8 Å². The normalized spacial score (nSPS) is 21.6. The maximum Gasteiger partial charge on any atom is 0.227 e. The Morgan fingerprint density at radius 1 is 1.30 bits per heavy atom. The Morgan fingerprint density at radius 3 is 2.70 bits per heavy atom. The summed E-state index contributed by atoms with van der Waals surface area (Å²) in [5.41, 5.74) is 11.7. The zero-order valence-electron chi connectivity index (χ0n) is 11.2. The van der Waals surface area contributed by atoms with Gasteiger partial charge in [-0.3, -0.25) is 9.59 Å². The summed E-state index contributed by atoms with van der Waals surface area (Å²) in [6, 6.07) is 7.54. The summed E-state index contributed by atoms with van der Waals surface area (Å²) < 4.78 is 0. The number of anilines is 1. The van der Waals surface area contributed by atoms with Crippen LogP contribution in [0.3, 0.4) is 0 Å². The van der Waals surface area contributed by atoms with Crippen molar-refractivity contribution in [2.75, 3.05) is 11.1 Å². The highest BCUT2D eigenvalue weighted by molar-refractivity contribution is 8.00. The zero-order chi connectivity index (χ0) is 14.5. The highest BCUT2D eigenvalue weighted by atomic mass is 32.2. The maximum atomic E-state index is 12.2. The number of amides is 2. The molecule has 1 fully saturated rings. The van der Waals surface area contributed by atoms with Gasteiger partial charge in [-0.05, 0) is 31.4 Å². The highest BCUT2D eigenvalue weighted by Gasteiger charge is 2.28. The summed E-state index contributed by atoms with van der Waals surface area (Å²) in [6.45, 7) is 0. The molecule has 0 bridgehead atoms. The third-order valence-corrected chi connectivity index (χ3v) is 4.45. The fourth-order valence-electron chi connectivity index (χ4n) is 2.33. The fourth-order valence-corrected chi connectivity index (χ4v) is 3.08. The number of primary amides is 1. The number of thioether (sulfide) groups is 1. The molecule has 1 saturated carbocycles. The number of nitrogens with two attached hydrogens (primary N) is 2. The van der Waals surface area contributed by atoms with Gasteiger partial charge >= 0.3 is 0 Å². The molecule has 0 saturated heterocycles. The fraction of sp³-hybridized carbons (Fsp3) is 0.429. The van der Waals surface area contributed by atoms with Gasteiger partial charge in [0.15, 0.2) is 0 Å². The summed E-state index contributed by atoms with van der Waals surface area (Å²) in [7, 11) is 0. The molecule has 1 aliphatic carbocycles. The molecule has 1 aliphatic rings. The van der Waals surface area contributed by atoms with Crippen LogP contribution in [0.2, 0.25) is 0 Å². The molecule has 2 rings (SSSR count). The lowest BCUT2D eigenvalue weighted by Crippen LogP contribution is -2.23. The predicted octanol–water partition coefficient (Wildman–Crippen LogP) is 1.33. The van der Waals surface area contributed by atoms with E-state index in [4.69, 9.17) is 11.5 Å². The van der Waals surface area contributed by atoms with Crippen LogP contribution in [-0.4, -0.2) is 23.6 Å². The van der Waals surface area contributed by atoms with Crippen molar-refractivity contribution in [1.82, 2.24) is 0 Å². The summed E-state index contributed by atoms with van der Waals surface area (Å²) in [4.78, 5) is 23.9. The first kappa shape index (κ1) is 14.9.